The minimum atomic E-state index is 0.490. The third-order valence-electron chi connectivity index (χ3n) is 2.25. The maximum absolute atomic E-state index is 8.77. The van der Waals surface area contributed by atoms with E-state index in [1.165, 1.54) is 0 Å². The van der Waals surface area contributed by atoms with E-state index in [0.717, 1.165) is 29.9 Å². The molecule has 0 fully saturated rings. The number of nitrogens with one attached hydrogen (secondary N) is 1. The Morgan fingerprint density at radius 3 is 3.12 bits per heavy atom. The Morgan fingerprint density at radius 2 is 2.38 bits per heavy atom. The first-order valence-corrected chi connectivity index (χ1v) is 5.30. The van der Waals surface area contributed by atoms with Crippen LogP contribution in [0.2, 0.25) is 0 Å². The molecule has 16 heavy (non-hydrogen) atoms. The SMILES string of the molecule is CCCOCc1nc2ccc(C#N)cc2[nH]1. The lowest BCUT2D eigenvalue weighted by Crippen LogP contribution is -1.95. The number of benzene rings is 1. The number of imidazole rings is 1. The van der Waals surface area contributed by atoms with Crippen LogP contribution in [0, 0.1) is 11.3 Å². The second-order valence-electron chi connectivity index (χ2n) is 3.58. The van der Waals surface area contributed by atoms with Crippen molar-refractivity contribution in [3.8, 4) is 6.07 Å². The Balaban J connectivity index is 2.20. The molecule has 0 bridgehead atoms. The lowest BCUT2D eigenvalue weighted by Gasteiger charge is -1.97. The van der Waals surface area contributed by atoms with Crippen molar-refractivity contribution >= 4 is 11.0 Å². The number of hydrogen-bond acceptors (Lipinski definition) is 3. The summed E-state index contributed by atoms with van der Waals surface area (Å²) in [6.45, 7) is 3.29. The zero-order valence-electron chi connectivity index (χ0n) is 9.16. The second kappa shape index (κ2) is 4.77. The van der Waals surface area contributed by atoms with E-state index in [4.69, 9.17) is 10.00 Å². The van der Waals surface area contributed by atoms with Gasteiger partial charge in [-0.05, 0) is 24.6 Å². The molecule has 0 saturated heterocycles. The van der Waals surface area contributed by atoms with Crippen molar-refractivity contribution in [2.45, 2.75) is 20.0 Å². The molecule has 0 amide bonds. The Labute approximate surface area is 93.9 Å². The Kier molecular flexibility index (Phi) is 3.18. The summed E-state index contributed by atoms with van der Waals surface area (Å²) in [6.07, 6.45) is 0.999. The van der Waals surface area contributed by atoms with Gasteiger partial charge in [0.2, 0.25) is 0 Å². The fourth-order valence-electron chi connectivity index (χ4n) is 1.51. The number of rotatable bonds is 4. The summed E-state index contributed by atoms with van der Waals surface area (Å²) >= 11 is 0. The first-order chi connectivity index (χ1) is 7.83. The zero-order chi connectivity index (χ0) is 11.4. The van der Waals surface area contributed by atoms with Gasteiger partial charge in [-0.1, -0.05) is 6.92 Å². The van der Waals surface area contributed by atoms with Gasteiger partial charge in [-0.25, -0.2) is 4.98 Å². The number of fused-ring (bicyclic) bond motifs is 1. The minimum Gasteiger partial charge on any atom is -0.374 e. The highest BCUT2D eigenvalue weighted by Crippen LogP contribution is 2.13. The van der Waals surface area contributed by atoms with Crippen LogP contribution in [0.4, 0.5) is 0 Å². The number of nitriles is 1. The second-order valence-corrected chi connectivity index (χ2v) is 3.58. The van der Waals surface area contributed by atoms with E-state index in [-0.39, 0.29) is 0 Å². The van der Waals surface area contributed by atoms with Crippen molar-refractivity contribution in [2.75, 3.05) is 6.61 Å². The molecule has 0 aliphatic rings. The summed E-state index contributed by atoms with van der Waals surface area (Å²) in [4.78, 5) is 7.51. The fourth-order valence-corrected chi connectivity index (χ4v) is 1.51. The maximum Gasteiger partial charge on any atom is 0.133 e. The van der Waals surface area contributed by atoms with E-state index in [9.17, 15) is 0 Å². The van der Waals surface area contributed by atoms with Crippen LogP contribution in [-0.4, -0.2) is 16.6 Å². The summed E-state index contributed by atoms with van der Waals surface area (Å²) in [5.41, 5.74) is 2.39. The highest BCUT2D eigenvalue weighted by Gasteiger charge is 2.03. The van der Waals surface area contributed by atoms with Gasteiger partial charge in [-0.3, -0.25) is 0 Å². The number of hydrogen-bond donors (Lipinski definition) is 1. The van der Waals surface area contributed by atoms with Crippen LogP contribution in [0.5, 0.6) is 0 Å². The quantitative estimate of drug-likeness (QED) is 0.796. The van der Waals surface area contributed by atoms with Crippen LogP contribution in [0.25, 0.3) is 11.0 Å². The average molecular weight is 215 g/mol. The number of aromatic amines is 1. The smallest absolute Gasteiger partial charge is 0.133 e. The molecule has 0 unspecified atom stereocenters. The first-order valence-electron chi connectivity index (χ1n) is 5.30. The van der Waals surface area contributed by atoms with Gasteiger partial charge in [0.05, 0.1) is 22.7 Å². The molecule has 0 spiro atoms. The van der Waals surface area contributed by atoms with E-state index in [0.29, 0.717) is 12.2 Å². The van der Waals surface area contributed by atoms with Crippen LogP contribution < -0.4 is 0 Å². The molecule has 4 heteroatoms. The third-order valence-corrected chi connectivity index (χ3v) is 2.25. The molecule has 2 aromatic rings. The Morgan fingerprint density at radius 1 is 1.50 bits per heavy atom. The predicted molar refractivity (Wildman–Crippen MR) is 60.8 cm³/mol. The molecule has 0 aliphatic heterocycles. The zero-order valence-corrected chi connectivity index (χ0v) is 9.16. The van der Waals surface area contributed by atoms with Crippen LogP contribution >= 0.6 is 0 Å². The third kappa shape index (κ3) is 2.20. The monoisotopic (exact) mass is 215 g/mol. The Hall–Kier alpha value is -1.86. The largest absolute Gasteiger partial charge is 0.374 e. The maximum atomic E-state index is 8.77. The highest BCUT2D eigenvalue weighted by molar-refractivity contribution is 5.76. The van der Waals surface area contributed by atoms with Crippen molar-refractivity contribution in [1.82, 2.24) is 9.97 Å². The van der Waals surface area contributed by atoms with E-state index < -0.39 is 0 Å². The van der Waals surface area contributed by atoms with Gasteiger partial charge in [0.25, 0.3) is 0 Å². The molecule has 0 aliphatic carbocycles. The van der Waals surface area contributed by atoms with Gasteiger partial charge in [-0.15, -0.1) is 0 Å². The summed E-state index contributed by atoms with van der Waals surface area (Å²) < 4.78 is 5.40. The van der Waals surface area contributed by atoms with Crippen molar-refractivity contribution in [3.63, 3.8) is 0 Å². The van der Waals surface area contributed by atoms with Gasteiger partial charge in [0.1, 0.15) is 12.4 Å². The molecule has 82 valence electrons. The number of ether oxygens (including phenoxy) is 1. The topological polar surface area (TPSA) is 61.7 Å². The van der Waals surface area contributed by atoms with Crippen molar-refractivity contribution in [3.05, 3.63) is 29.6 Å². The van der Waals surface area contributed by atoms with Crippen molar-refractivity contribution in [1.29, 1.82) is 5.26 Å². The molecule has 0 radical (unpaired) electrons. The van der Waals surface area contributed by atoms with Gasteiger partial charge in [-0.2, -0.15) is 5.26 Å². The standard InChI is InChI=1S/C12H13N3O/c1-2-5-16-8-12-14-10-4-3-9(7-13)6-11(10)15-12/h3-4,6H,2,5,8H2,1H3,(H,14,15). The lowest BCUT2D eigenvalue weighted by atomic mass is 10.2. The molecule has 1 heterocycles. The minimum absolute atomic E-state index is 0.490. The molecule has 0 atom stereocenters. The molecular weight excluding hydrogens is 202 g/mol. The number of nitrogens with zero attached hydrogens (tertiary/aromatic N) is 2. The molecule has 4 nitrogen and oxygen atoms in total. The van der Waals surface area contributed by atoms with Crippen LogP contribution in [-0.2, 0) is 11.3 Å². The van der Waals surface area contributed by atoms with Gasteiger partial charge >= 0.3 is 0 Å². The summed E-state index contributed by atoms with van der Waals surface area (Å²) in [5.74, 6) is 0.804. The fraction of sp³-hybridized carbons (Fsp3) is 0.333. The summed E-state index contributed by atoms with van der Waals surface area (Å²) in [6, 6.07) is 7.50. The summed E-state index contributed by atoms with van der Waals surface area (Å²) in [5, 5.41) is 8.77. The Bertz CT molecular complexity index is 525. The summed E-state index contributed by atoms with van der Waals surface area (Å²) in [7, 11) is 0. The van der Waals surface area contributed by atoms with Gasteiger partial charge < -0.3 is 9.72 Å². The predicted octanol–water partition coefficient (Wildman–Crippen LogP) is 2.36. The molecule has 2 rings (SSSR count). The van der Waals surface area contributed by atoms with Crippen molar-refractivity contribution in [2.24, 2.45) is 0 Å². The highest BCUT2D eigenvalue weighted by atomic mass is 16.5. The number of aromatic nitrogens is 2. The van der Waals surface area contributed by atoms with E-state index in [1.807, 2.05) is 6.07 Å². The molecule has 1 aromatic carbocycles. The van der Waals surface area contributed by atoms with E-state index in [2.05, 4.69) is 23.0 Å². The lowest BCUT2D eigenvalue weighted by molar-refractivity contribution is 0.117. The van der Waals surface area contributed by atoms with E-state index in [1.54, 1.807) is 12.1 Å². The van der Waals surface area contributed by atoms with Crippen molar-refractivity contribution < 1.29 is 4.74 Å². The first kappa shape index (κ1) is 10.7. The van der Waals surface area contributed by atoms with Crippen LogP contribution in [0.3, 0.4) is 0 Å². The molecule has 0 saturated carbocycles. The average Bonchev–Trinajstić information content (AvgIpc) is 2.70. The molecular formula is C12H13N3O. The molecule has 1 aromatic heterocycles. The van der Waals surface area contributed by atoms with Gasteiger partial charge in [0.15, 0.2) is 0 Å². The number of H-pyrrole nitrogens is 1. The molecule has 1 N–H and O–H groups in total. The van der Waals surface area contributed by atoms with Gasteiger partial charge in [0, 0.05) is 6.61 Å². The van der Waals surface area contributed by atoms with E-state index >= 15 is 0 Å². The normalized spacial score (nSPS) is 10.5. The van der Waals surface area contributed by atoms with Crippen LogP contribution in [0.15, 0.2) is 18.2 Å². The van der Waals surface area contributed by atoms with Crippen LogP contribution in [0.1, 0.15) is 24.7 Å².